The van der Waals surface area contributed by atoms with Crippen molar-refractivity contribution in [3.8, 4) is 0 Å². The smallest absolute Gasteiger partial charge is 0.322 e. The number of methoxy groups -OCH3 is 1. The molecule has 0 radical (unpaired) electrons. The van der Waals surface area contributed by atoms with Gasteiger partial charge in [0.1, 0.15) is 6.04 Å². The molecule has 1 rings (SSSR count). The van der Waals surface area contributed by atoms with Gasteiger partial charge in [-0.3, -0.25) is 9.69 Å². The number of esters is 1. The number of carbonyl (C=O) groups is 1. The van der Waals surface area contributed by atoms with Crippen molar-refractivity contribution in [1.29, 1.82) is 0 Å². The lowest BCUT2D eigenvalue weighted by atomic mass is 10.2. The second-order valence-electron chi connectivity index (χ2n) is 3.55. The SMILES string of the molecule is COC(=O)C(C)N1CCN[C@@H](C)C1. The maximum Gasteiger partial charge on any atom is 0.322 e. The van der Waals surface area contributed by atoms with Crippen molar-refractivity contribution in [2.75, 3.05) is 26.7 Å². The summed E-state index contributed by atoms with van der Waals surface area (Å²) in [7, 11) is 1.43. The summed E-state index contributed by atoms with van der Waals surface area (Å²) in [4.78, 5) is 13.4. The molecule has 1 aliphatic rings. The van der Waals surface area contributed by atoms with Gasteiger partial charge in [0.2, 0.25) is 0 Å². The quantitative estimate of drug-likeness (QED) is 0.609. The summed E-state index contributed by atoms with van der Waals surface area (Å²) in [5, 5.41) is 3.33. The van der Waals surface area contributed by atoms with Gasteiger partial charge in [-0.25, -0.2) is 0 Å². The van der Waals surface area contributed by atoms with Gasteiger partial charge >= 0.3 is 5.97 Å². The van der Waals surface area contributed by atoms with Gasteiger partial charge in [0.25, 0.3) is 0 Å². The van der Waals surface area contributed by atoms with Crippen molar-refractivity contribution in [1.82, 2.24) is 10.2 Å². The first-order chi connectivity index (χ1) is 6.15. The van der Waals surface area contributed by atoms with E-state index in [1.807, 2.05) is 6.92 Å². The maximum absolute atomic E-state index is 11.2. The highest BCUT2D eigenvalue weighted by Gasteiger charge is 2.25. The van der Waals surface area contributed by atoms with Crippen LogP contribution in [0.3, 0.4) is 0 Å². The first-order valence-electron chi connectivity index (χ1n) is 4.70. The molecule has 4 nitrogen and oxygen atoms in total. The highest BCUT2D eigenvalue weighted by molar-refractivity contribution is 5.75. The first kappa shape index (κ1) is 10.5. The molecule has 76 valence electrons. The number of ether oxygens (including phenoxy) is 1. The van der Waals surface area contributed by atoms with Crippen LogP contribution < -0.4 is 5.32 Å². The molecule has 0 saturated carbocycles. The van der Waals surface area contributed by atoms with Gasteiger partial charge < -0.3 is 10.1 Å². The second kappa shape index (κ2) is 4.58. The Morgan fingerprint density at radius 3 is 2.92 bits per heavy atom. The van der Waals surface area contributed by atoms with E-state index in [-0.39, 0.29) is 12.0 Å². The van der Waals surface area contributed by atoms with Gasteiger partial charge in [-0.2, -0.15) is 0 Å². The van der Waals surface area contributed by atoms with E-state index in [9.17, 15) is 4.79 Å². The van der Waals surface area contributed by atoms with Crippen LogP contribution in [-0.2, 0) is 9.53 Å². The highest BCUT2D eigenvalue weighted by Crippen LogP contribution is 2.05. The molecular formula is C9H18N2O2. The largest absolute Gasteiger partial charge is 0.468 e. The standard InChI is InChI=1S/C9H18N2O2/c1-7-6-11(5-4-10-7)8(2)9(12)13-3/h7-8,10H,4-6H2,1-3H3/t7-,8?/m0/s1. The zero-order valence-electron chi connectivity index (χ0n) is 8.54. The third-order valence-electron chi connectivity index (χ3n) is 2.49. The van der Waals surface area contributed by atoms with Crippen molar-refractivity contribution in [3.05, 3.63) is 0 Å². The van der Waals surface area contributed by atoms with Crippen molar-refractivity contribution < 1.29 is 9.53 Å². The number of piperazine rings is 1. The Morgan fingerprint density at radius 2 is 2.38 bits per heavy atom. The Kier molecular flexibility index (Phi) is 3.69. The summed E-state index contributed by atoms with van der Waals surface area (Å²) in [6.45, 7) is 6.79. The molecule has 0 aromatic rings. The van der Waals surface area contributed by atoms with Crippen LogP contribution in [0.25, 0.3) is 0 Å². The zero-order valence-corrected chi connectivity index (χ0v) is 8.54. The monoisotopic (exact) mass is 186 g/mol. The minimum Gasteiger partial charge on any atom is -0.468 e. The summed E-state index contributed by atoms with van der Waals surface area (Å²) in [6.07, 6.45) is 0. The third kappa shape index (κ3) is 2.67. The number of hydrogen-bond donors (Lipinski definition) is 1. The predicted octanol–water partition coefficient (Wildman–Crippen LogP) is -0.158. The number of hydrogen-bond acceptors (Lipinski definition) is 4. The van der Waals surface area contributed by atoms with Crippen LogP contribution in [0.5, 0.6) is 0 Å². The molecule has 1 unspecified atom stereocenters. The fourth-order valence-corrected chi connectivity index (χ4v) is 1.63. The molecule has 1 heterocycles. The lowest BCUT2D eigenvalue weighted by molar-refractivity contribution is -0.146. The Hall–Kier alpha value is -0.610. The zero-order chi connectivity index (χ0) is 9.84. The minimum atomic E-state index is -0.144. The molecule has 2 atom stereocenters. The molecule has 13 heavy (non-hydrogen) atoms. The van der Waals surface area contributed by atoms with E-state index < -0.39 is 0 Å². The normalized spacial score (nSPS) is 26.8. The average Bonchev–Trinajstić information content (AvgIpc) is 2.15. The summed E-state index contributed by atoms with van der Waals surface area (Å²) >= 11 is 0. The minimum absolute atomic E-state index is 0.116. The lowest BCUT2D eigenvalue weighted by Gasteiger charge is -2.34. The summed E-state index contributed by atoms with van der Waals surface area (Å²) < 4.78 is 4.70. The Balaban J connectivity index is 2.45. The van der Waals surface area contributed by atoms with Crippen LogP contribution in [0, 0.1) is 0 Å². The van der Waals surface area contributed by atoms with Gasteiger partial charge in [-0.05, 0) is 13.8 Å². The summed E-state index contributed by atoms with van der Waals surface area (Å²) in [6, 6.07) is 0.343. The lowest BCUT2D eigenvalue weighted by Crippen LogP contribution is -2.54. The van der Waals surface area contributed by atoms with Gasteiger partial charge in [0.15, 0.2) is 0 Å². The first-order valence-corrected chi connectivity index (χ1v) is 4.70. The van der Waals surface area contributed by atoms with Crippen molar-refractivity contribution >= 4 is 5.97 Å². The number of nitrogens with zero attached hydrogens (tertiary/aromatic N) is 1. The number of nitrogens with one attached hydrogen (secondary N) is 1. The number of carbonyl (C=O) groups excluding carboxylic acids is 1. The van der Waals surface area contributed by atoms with Crippen LogP contribution in [0.4, 0.5) is 0 Å². The molecule has 0 aromatic heterocycles. The molecule has 0 bridgehead atoms. The third-order valence-corrected chi connectivity index (χ3v) is 2.49. The van der Waals surface area contributed by atoms with Gasteiger partial charge in [0, 0.05) is 25.7 Å². The topological polar surface area (TPSA) is 41.6 Å². The van der Waals surface area contributed by atoms with E-state index in [0.717, 1.165) is 19.6 Å². The maximum atomic E-state index is 11.2. The number of rotatable bonds is 2. The van der Waals surface area contributed by atoms with E-state index in [2.05, 4.69) is 17.1 Å². The molecule has 1 aliphatic heterocycles. The molecule has 1 fully saturated rings. The van der Waals surface area contributed by atoms with E-state index in [1.54, 1.807) is 0 Å². The van der Waals surface area contributed by atoms with Crippen molar-refractivity contribution in [2.45, 2.75) is 25.9 Å². The fraction of sp³-hybridized carbons (Fsp3) is 0.889. The predicted molar refractivity (Wildman–Crippen MR) is 50.5 cm³/mol. The summed E-state index contributed by atoms with van der Waals surface area (Å²) in [5.41, 5.74) is 0. The fourth-order valence-electron chi connectivity index (χ4n) is 1.63. The van der Waals surface area contributed by atoms with Crippen LogP contribution in [0.2, 0.25) is 0 Å². The second-order valence-corrected chi connectivity index (χ2v) is 3.55. The van der Waals surface area contributed by atoms with E-state index >= 15 is 0 Å². The molecular weight excluding hydrogens is 168 g/mol. The molecule has 4 heteroatoms. The molecule has 0 amide bonds. The van der Waals surface area contributed by atoms with Crippen LogP contribution in [0.15, 0.2) is 0 Å². The average molecular weight is 186 g/mol. The Morgan fingerprint density at radius 1 is 1.69 bits per heavy atom. The molecule has 0 spiro atoms. The van der Waals surface area contributed by atoms with E-state index in [4.69, 9.17) is 4.74 Å². The van der Waals surface area contributed by atoms with Gasteiger partial charge in [-0.1, -0.05) is 0 Å². The Bertz CT molecular complexity index is 184. The van der Waals surface area contributed by atoms with Gasteiger partial charge in [-0.15, -0.1) is 0 Å². The van der Waals surface area contributed by atoms with Gasteiger partial charge in [0.05, 0.1) is 7.11 Å². The molecule has 0 aromatic carbocycles. The van der Waals surface area contributed by atoms with Crippen LogP contribution in [-0.4, -0.2) is 49.7 Å². The van der Waals surface area contributed by atoms with Crippen LogP contribution in [0.1, 0.15) is 13.8 Å². The molecule has 0 aliphatic carbocycles. The van der Waals surface area contributed by atoms with Crippen molar-refractivity contribution in [2.24, 2.45) is 0 Å². The van der Waals surface area contributed by atoms with E-state index in [0.29, 0.717) is 6.04 Å². The Labute approximate surface area is 79.2 Å². The van der Waals surface area contributed by atoms with E-state index in [1.165, 1.54) is 7.11 Å². The molecule has 1 saturated heterocycles. The van der Waals surface area contributed by atoms with Crippen molar-refractivity contribution in [3.63, 3.8) is 0 Å². The summed E-state index contributed by atoms with van der Waals surface area (Å²) in [5.74, 6) is -0.144. The molecule has 1 N–H and O–H groups in total. The van der Waals surface area contributed by atoms with Crippen LogP contribution >= 0.6 is 0 Å². The highest BCUT2D eigenvalue weighted by atomic mass is 16.5.